The van der Waals surface area contributed by atoms with E-state index in [2.05, 4.69) is 48.3 Å². The molecule has 0 amide bonds. The Morgan fingerprint density at radius 3 is 2.08 bits per heavy atom. The minimum Gasteiger partial charge on any atom is -0.177 e. The van der Waals surface area contributed by atoms with Crippen LogP contribution in [0.15, 0.2) is 0 Å². The van der Waals surface area contributed by atoms with E-state index in [-0.39, 0.29) is 5.41 Å². The van der Waals surface area contributed by atoms with E-state index in [9.17, 15) is 0 Å². The molecule has 1 unspecified atom stereocenters. The minimum absolute atomic E-state index is 0.198. The number of hydrogen-bond acceptors (Lipinski definition) is 3. The van der Waals surface area contributed by atoms with E-state index in [1.807, 2.05) is 13.8 Å². The first-order valence-electron chi connectivity index (χ1n) is 4.75. The van der Waals surface area contributed by atoms with Gasteiger partial charge in [-0.05, 0) is 5.41 Å². The number of nitrogens with zero attached hydrogens (tertiary/aromatic N) is 3. The fourth-order valence-electron chi connectivity index (χ4n) is 0.740. The van der Waals surface area contributed by atoms with E-state index < -0.39 is 0 Å². The summed E-state index contributed by atoms with van der Waals surface area (Å²) in [6.45, 7) is 12.6. The maximum atomic E-state index is 3.94. The molecule has 0 fully saturated rings. The van der Waals surface area contributed by atoms with Crippen LogP contribution in [0.25, 0.3) is 0 Å². The summed E-state index contributed by atoms with van der Waals surface area (Å²) < 4.78 is 0. The number of hydrogen-bond donors (Lipinski definition) is 1. The molecular formula is C9H20N4. The average Bonchev–Trinajstić information content (AvgIpc) is 2.57. The SMILES string of the molecule is CC.CC(c1nn[nH]n1)C(C)(C)C. The van der Waals surface area contributed by atoms with Gasteiger partial charge in [0.2, 0.25) is 0 Å². The standard InChI is InChI=1S/C7H14N4.C2H6/c1-5(7(2,3)4)6-8-10-11-9-6;1-2/h5H,1-4H3,(H,8,9,10,11);1-2H3. The fourth-order valence-corrected chi connectivity index (χ4v) is 0.740. The van der Waals surface area contributed by atoms with Crippen LogP contribution in [0.3, 0.4) is 0 Å². The van der Waals surface area contributed by atoms with Gasteiger partial charge in [-0.1, -0.05) is 46.8 Å². The van der Waals surface area contributed by atoms with Crippen LogP contribution in [0.4, 0.5) is 0 Å². The fraction of sp³-hybridized carbons (Fsp3) is 0.889. The van der Waals surface area contributed by atoms with Crippen molar-refractivity contribution in [1.82, 2.24) is 20.6 Å². The van der Waals surface area contributed by atoms with E-state index in [1.165, 1.54) is 0 Å². The van der Waals surface area contributed by atoms with Gasteiger partial charge in [-0.3, -0.25) is 0 Å². The highest BCUT2D eigenvalue weighted by molar-refractivity contribution is 4.94. The van der Waals surface area contributed by atoms with Gasteiger partial charge in [0.05, 0.1) is 0 Å². The van der Waals surface area contributed by atoms with Crippen LogP contribution >= 0.6 is 0 Å². The first kappa shape index (κ1) is 12.1. The lowest BCUT2D eigenvalue weighted by Crippen LogP contribution is -2.16. The number of aromatic nitrogens is 4. The van der Waals surface area contributed by atoms with Crippen LogP contribution in [0.1, 0.15) is 53.3 Å². The summed E-state index contributed by atoms with van der Waals surface area (Å²) in [5.74, 6) is 1.12. The molecule has 76 valence electrons. The topological polar surface area (TPSA) is 54.5 Å². The lowest BCUT2D eigenvalue weighted by molar-refractivity contribution is 0.328. The van der Waals surface area contributed by atoms with Gasteiger partial charge in [-0.25, -0.2) is 0 Å². The van der Waals surface area contributed by atoms with Crippen molar-refractivity contribution in [3.8, 4) is 0 Å². The normalized spacial score (nSPS) is 13.1. The molecule has 0 aliphatic heterocycles. The lowest BCUT2D eigenvalue weighted by atomic mass is 9.82. The molecule has 1 aromatic heterocycles. The monoisotopic (exact) mass is 184 g/mol. The third-order valence-electron chi connectivity index (χ3n) is 2.05. The third kappa shape index (κ3) is 3.53. The molecule has 13 heavy (non-hydrogen) atoms. The van der Waals surface area contributed by atoms with E-state index in [0.29, 0.717) is 5.92 Å². The van der Waals surface area contributed by atoms with Gasteiger partial charge in [-0.15, -0.1) is 10.2 Å². The Morgan fingerprint density at radius 2 is 1.77 bits per heavy atom. The molecule has 0 spiro atoms. The molecule has 4 nitrogen and oxygen atoms in total. The van der Waals surface area contributed by atoms with Crippen LogP contribution in [0.5, 0.6) is 0 Å². The van der Waals surface area contributed by atoms with E-state index in [0.717, 1.165) is 5.82 Å². The highest BCUT2D eigenvalue weighted by Gasteiger charge is 2.24. The van der Waals surface area contributed by atoms with Crippen molar-refractivity contribution in [2.24, 2.45) is 5.41 Å². The zero-order valence-electron chi connectivity index (χ0n) is 9.42. The molecule has 1 heterocycles. The van der Waals surface area contributed by atoms with E-state index >= 15 is 0 Å². The lowest BCUT2D eigenvalue weighted by Gasteiger charge is -2.23. The number of tetrazole rings is 1. The molecule has 1 aromatic rings. The Balaban J connectivity index is 0.000000671. The minimum atomic E-state index is 0.198. The first-order chi connectivity index (χ1) is 6.02. The second kappa shape index (κ2) is 4.94. The maximum Gasteiger partial charge on any atom is 0.177 e. The summed E-state index contributed by atoms with van der Waals surface area (Å²) >= 11 is 0. The number of H-pyrrole nitrogens is 1. The number of aromatic amines is 1. The Kier molecular flexibility index (Phi) is 4.59. The molecule has 1 N–H and O–H groups in total. The Bertz CT molecular complexity index is 210. The average molecular weight is 184 g/mol. The van der Waals surface area contributed by atoms with Gasteiger partial charge in [0.15, 0.2) is 5.82 Å². The molecule has 0 radical (unpaired) electrons. The first-order valence-corrected chi connectivity index (χ1v) is 4.75. The van der Waals surface area contributed by atoms with Crippen LogP contribution in [-0.4, -0.2) is 20.6 Å². The van der Waals surface area contributed by atoms with Gasteiger partial charge < -0.3 is 0 Å². The summed E-state index contributed by atoms with van der Waals surface area (Å²) in [5, 5.41) is 13.8. The van der Waals surface area contributed by atoms with Gasteiger partial charge in [0.1, 0.15) is 0 Å². The summed E-state index contributed by atoms with van der Waals surface area (Å²) in [4.78, 5) is 0. The second-order valence-corrected chi connectivity index (χ2v) is 3.86. The van der Waals surface area contributed by atoms with Crippen LogP contribution < -0.4 is 0 Å². The van der Waals surface area contributed by atoms with Gasteiger partial charge in [-0.2, -0.15) is 5.21 Å². The van der Waals surface area contributed by atoms with Crippen LogP contribution in [0, 0.1) is 5.41 Å². The molecule has 4 heteroatoms. The molecule has 1 rings (SSSR count). The summed E-state index contributed by atoms with van der Waals surface area (Å²) in [5.41, 5.74) is 0.198. The summed E-state index contributed by atoms with van der Waals surface area (Å²) in [6.07, 6.45) is 0. The van der Waals surface area contributed by atoms with E-state index in [1.54, 1.807) is 0 Å². The molecule has 0 aliphatic rings. The second-order valence-electron chi connectivity index (χ2n) is 3.86. The molecule has 0 bridgehead atoms. The highest BCUT2D eigenvalue weighted by atomic mass is 15.5. The van der Waals surface area contributed by atoms with Gasteiger partial charge in [0, 0.05) is 5.92 Å². The highest BCUT2D eigenvalue weighted by Crippen LogP contribution is 2.31. The predicted octanol–water partition coefficient (Wildman–Crippen LogP) is 2.38. The molecule has 0 saturated heterocycles. The van der Waals surface area contributed by atoms with Gasteiger partial charge in [0.25, 0.3) is 0 Å². The van der Waals surface area contributed by atoms with Crippen molar-refractivity contribution in [2.45, 2.75) is 47.5 Å². The Labute approximate surface area is 80.1 Å². The number of nitrogens with one attached hydrogen (secondary N) is 1. The van der Waals surface area contributed by atoms with Crippen molar-refractivity contribution in [3.63, 3.8) is 0 Å². The third-order valence-corrected chi connectivity index (χ3v) is 2.05. The zero-order chi connectivity index (χ0) is 10.5. The van der Waals surface area contributed by atoms with Gasteiger partial charge >= 0.3 is 0 Å². The van der Waals surface area contributed by atoms with Crippen molar-refractivity contribution < 1.29 is 0 Å². The summed E-state index contributed by atoms with van der Waals surface area (Å²) in [7, 11) is 0. The van der Waals surface area contributed by atoms with Crippen molar-refractivity contribution >= 4 is 0 Å². The maximum absolute atomic E-state index is 3.94. The molecule has 1 atom stereocenters. The molecule has 0 aromatic carbocycles. The Hall–Kier alpha value is -0.930. The van der Waals surface area contributed by atoms with Crippen molar-refractivity contribution in [1.29, 1.82) is 0 Å². The van der Waals surface area contributed by atoms with Crippen LogP contribution in [-0.2, 0) is 0 Å². The van der Waals surface area contributed by atoms with Crippen molar-refractivity contribution in [2.75, 3.05) is 0 Å². The Morgan fingerprint density at radius 1 is 1.23 bits per heavy atom. The smallest absolute Gasteiger partial charge is 0.177 e. The molecule has 0 saturated carbocycles. The van der Waals surface area contributed by atoms with Crippen LogP contribution in [0.2, 0.25) is 0 Å². The molecule has 0 aliphatic carbocycles. The predicted molar refractivity (Wildman–Crippen MR) is 53.4 cm³/mol. The van der Waals surface area contributed by atoms with E-state index in [4.69, 9.17) is 0 Å². The quantitative estimate of drug-likeness (QED) is 0.729. The zero-order valence-corrected chi connectivity index (χ0v) is 9.42. The number of rotatable bonds is 1. The molecular weight excluding hydrogens is 164 g/mol. The largest absolute Gasteiger partial charge is 0.177 e. The summed E-state index contributed by atoms with van der Waals surface area (Å²) in [6, 6.07) is 0. The van der Waals surface area contributed by atoms with Crippen molar-refractivity contribution in [3.05, 3.63) is 5.82 Å².